The lowest BCUT2D eigenvalue weighted by Crippen LogP contribution is -2.09. The molecule has 0 aliphatic carbocycles. The summed E-state index contributed by atoms with van der Waals surface area (Å²) in [7, 11) is 0. The average Bonchev–Trinajstić information content (AvgIpc) is 2.62. The quantitative estimate of drug-likeness (QED) is 0.863. The highest BCUT2D eigenvalue weighted by atomic mass is 19.1. The summed E-state index contributed by atoms with van der Waals surface area (Å²) < 4.78 is 13.6. The van der Waals surface area contributed by atoms with Gasteiger partial charge in [0.25, 0.3) is 0 Å². The number of halogens is 1. The molecule has 3 nitrogen and oxygen atoms in total. The third-order valence-corrected chi connectivity index (χ3v) is 3.46. The summed E-state index contributed by atoms with van der Waals surface area (Å²) in [5.74, 6) is -0.894. The maximum absolute atomic E-state index is 13.6. The standard InChI is InChI=1S/C14H18FNO2/c1-3-4-5-12(17)11-7-9(15)6-10-8(2)14(18)16-13(10)11/h6-8,12,17H,3-5H2,1-2H3,(H,16,18). The van der Waals surface area contributed by atoms with Crippen molar-refractivity contribution in [1.29, 1.82) is 0 Å². The Hall–Kier alpha value is -1.42. The van der Waals surface area contributed by atoms with Crippen molar-refractivity contribution in [2.24, 2.45) is 0 Å². The van der Waals surface area contributed by atoms with E-state index in [1.807, 2.05) is 6.92 Å². The molecule has 1 amide bonds. The van der Waals surface area contributed by atoms with E-state index in [2.05, 4.69) is 5.32 Å². The fourth-order valence-corrected chi connectivity index (χ4v) is 2.32. The highest BCUT2D eigenvalue weighted by Gasteiger charge is 2.30. The first kappa shape index (κ1) is 13.0. The van der Waals surface area contributed by atoms with Crippen molar-refractivity contribution in [3.05, 3.63) is 29.1 Å². The van der Waals surface area contributed by atoms with Gasteiger partial charge in [0.05, 0.1) is 17.7 Å². The first-order valence-electron chi connectivity index (χ1n) is 6.36. The van der Waals surface area contributed by atoms with Crippen LogP contribution in [-0.4, -0.2) is 11.0 Å². The molecule has 98 valence electrons. The van der Waals surface area contributed by atoms with Gasteiger partial charge in [-0.3, -0.25) is 4.79 Å². The molecule has 0 saturated carbocycles. The molecule has 1 aromatic carbocycles. The summed E-state index contributed by atoms with van der Waals surface area (Å²) in [6, 6.07) is 2.69. The van der Waals surface area contributed by atoms with Crippen molar-refractivity contribution < 1.29 is 14.3 Å². The van der Waals surface area contributed by atoms with Crippen LogP contribution in [0.3, 0.4) is 0 Å². The number of aliphatic hydroxyl groups excluding tert-OH is 1. The summed E-state index contributed by atoms with van der Waals surface area (Å²) in [4.78, 5) is 11.6. The number of amides is 1. The Morgan fingerprint density at radius 2 is 2.22 bits per heavy atom. The van der Waals surface area contributed by atoms with E-state index in [4.69, 9.17) is 0 Å². The molecule has 0 fully saturated rings. The molecule has 4 heteroatoms. The van der Waals surface area contributed by atoms with E-state index in [-0.39, 0.29) is 11.8 Å². The van der Waals surface area contributed by atoms with Crippen molar-refractivity contribution in [2.75, 3.05) is 5.32 Å². The van der Waals surface area contributed by atoms with Gasteiger partial charge in [-0.1, -0.05) is 19.8 Å². The largest absolute Gasteiger partial charge is 0.388 e. The number of rotatable bonds is 4. The highest BCUT2D eigenvalue weighted by molar-refractivity contribution is 6.03. The van der Waals surface area contributed by atoms with E-state index in [9.17, 15) is 14.3 Å². The molecule has 1 aromatic rings. The first-order valence-corrected chi connectivity index (χ1v) is 6.36. The lowest BCUT2D eigenvalue weighted by atomic mass is 9.96. The molecular formula is C14H18FNO2. The number of aliphatic hydroxyl groups is 1. The molecule has 2 rings (SSSR count). The second-order valence-corrected chi connectivity index (χ2v) is 4.83. The van der Waals surface area contributed by atoms with Gasteiger partial charge in [0.2, 0.25) is 5.91 Å². The number of carbonyl (C=O) groups excluding carboxylic acids is 1. The Morgan fingerprint density at radius 3 is 2.89 bits per heavy atom. The number of hydrogen-bond donors (Lipinski definition) is 2. The van der Waals surface area contributed by atoms with Crippen molar-refractivity contribution in [2.45, 2.75) is 45.1 Å². The Balaban J connectivity index is 2.37. The SMILES string of the molecule is CCCCC(O)c1cc(F)cc2c1NC(=O)C2C. The summed E-state index contributed by atoms with van der Waals surface area (Å²) >= 11 is 0. The van der Waals surface area contributed by atoms with Gasteiger partial charge in [-0.05, 0) is 31.0 Å². The van der Waals surface area contributed by atoms with Crippen LogP contribution >= 0.6 is 0 Å². The fourth-order valence-electron chi connectivity index (χ4n) is 2.32. The summed E-state index contributed by atoms with van der Waals surface area (Å²) in [5, 5.41) is 12.8. The minimum absolute atomic E-state index is 0.139. The van der Waals surface area contributed by atoms with E-state index in [1.165, 1.54) is 12.1 Å². The van der Waals surface area contributed by atoms with Crippen LogP contribution in [0, 0.1) is 5.82 Å². The third-order valence-electron chi connectivity index (χ3n) is 3.46. The molecule has 1 heterocycles. The summed E-state index contributed by atoms with van der Waals surface area (Å²) in [5.41, 5.74) is 1.74. The average molecular weight is 251 g/mol. The summed E-state index contributed by atoms with van der Waals surface area (Å²) in [6.45, 7) is 3.77. The molecule has 2 atom stereocenters. The second-order valence-electron chi connectivity index (χ2n) is 4.83. The normalized spacial score (nSPS) is 19.6. The van der Waals surface area contributed by atoms with E-state index >= 15 is 0 Å². The third kappa shape index (κ3) is 2.25. The molecular weight excluding hydrogens is 233 g/mol. The molecule has 18 heavy (non-hydrogen) atoms. The summed E-state index contributed by atoms with van der Waals surface area (Å²) in [6.07, 6.45) is 1.70. The zero-order valence-electron chi connectivity index (χ0n) is 10.7. The lowest BCUT2D eigenvalue weighted by molar-refractivity contribution is -0.116. The number of nitrogens with one attached hydrogen (secondary N) is 1. The van der Waals surface area contributed by atoms with E-state index in [0.717, 1.165) is 12.8 Å². The molecule has 0 spiro atoms. The smallest absolute Gasteiger partial charge is 0.231 e. The zero-order valence-corrected chi connectivity index (χ0v) is 10.7. The minimum atomic E-state index is -0.722. The molecule has 0 aromatic heterocycles. The van der Waals surface area contributed by atoms with Crippen LogP contribution in [-0.2, 0) is 4.79 Å². The Labute approximate surface area is 106 Å². The topological polar surface area (TPSA) is 49.3 Å². The van der Waals surface area contributed by atoms with Gasteiger partial charge in [-0.25, -0.2) is 4.39 Å². The molecule has 0 saturated heterocycles. The predicted molar refractivity (Wildman–Crippen MR) is 67.9 cm³/mol. The number of hydrogen-bond acceptors (Lipinski definition) is 2. The van der Waals surface area contributed by atoms with Crippen molar-refractivity contribution in [3.63, 3.8) is 0 Å². The van der Waals surface area contributed by atoms with Gasteiger partial charge in [-0.2, -0.15) is 0 Å². The first-order chi connectivity index (χ1) is 8.54. The van der Waals surface area contributed by atoms with E-state index in [1.54, 1.807) is 6.92 Å². The van der Waals surface area contributed by atoms with Crippen LogP contribution in [0.15, 0.2) is 12.1 Å². The minimum Gasteiger partial charge on any atom is -0.388 e. The molecule has 2 N–H and O–H groups in total. The molecule has 1 aliphatic heterocycles. The van der Waals surface area contributed by atoms with Crippen LogP contribution in [0.1, 0.15) is 56.3 Å². The van der Waals surface area contributed by atoms with Gasteiger partial charge < -0.3 is 10.4 Å². The number of benzene rings is 1. The number of anilines is 1. The predicted octanol–water partition coefficient (Wildman–Crippen LogP) is 3.10. The number of unbranched alkanes of at least 4 members (excludes halogenated alkanes) is 1. The maximum atomic E-state index is 13.6. The maximum Gasteiger partial charge on any atom is 0.231 e. The van der Waals surface area contributed by atoms with Crippen LogP contribution in [0.4, 0.5) is 10.1 Å². The van der Waals surface area contributed by atoms with Crippen molar-refractivity contribution >= 4 is 11.6 Å². The van der Waals surface area contributed by atoms with Gasteiger partial charge >= 0.3 is 0 Å². The lowest BCUT2D eigenvalue weighted by Gasteiger charge is -2.15. The Kier molecular flexibility index (Phi) is 3.66. The van der Waals surface area contributed by atoms with Gasteiger partial charge in [0.1, 0.15) is 5.82 Å². The fraction of sp³-hybridized carbons (Fsp3) is 0.500. The van der Waals surface area contributed by atoms with Crippen LogP contribution in [0.2, 0.25) is 0 Å². The Bertz CT molecular complexity index is 473. The van der Waals surface area contributed by atoms with Crippen molar-refractivity contribution in [3.8, 4) is 0 Å². The van der Waals surface area contributed by atoms with E-state index in [0.29, 0.717) is 23.2 Å². The molecule has 0 bridgehead atoms. The Morgan fingerprint density at radius 1 is 1.50 bits per heavy atom. The number of carbonyl (C=O) groups is 1. The molecule has 1 aliphatic rings. The second kappa shape index (κ2) is 5.06. The highest BCUT2D eigenvalue weighted by Crippen LogP contribution is 2.39. The van der Waals surface area contributed by atoms with E-state index < -0.39 is 11.9 Å². The number of fused-ring (bicyclic) bond motifs is 1. The van der Waals surface area contributed by atoms with Crippen LogP contribution in [0.5, 0.6) is 0 Å². The monoisotopic (exact) mass is 251 g/mol. The van der Waals surface area contributed by atoms with Gasteiger partial charge in [0, 0.05) is 5.56 Å². The van der Waals surface area contributed by atoms with Crippen molar-refractivity contribution in [1.82, 2.24) is 0 Å². The van der Waals surface area contributed by atoms with Crippen LogP contribution in [0.25, 0.3) is 0 Å². The van der Waals surface area contributed by atoms with Gasteiger partial charge in [0.15, 0.2) is 0 Å². The molecule has 2 unspecified atom stereocenters. The molecule has 0 radical (unpaired) electrons. The van der Waals surface area contributed by atoms with Gasteiger partial charge in [-0.15, -0.1) is 0 Å². The zero-order chi connectivity index (χ0) is 13.3. The van der Waals surface area contributed by atoms with Crippen LogP contribution < -0.4 is 5.32 Å².